The van der Waals surface area contributed by atoms with Gasteiger partial charge in [0.1, 0.15) is 5.54 Å². The Morgan fingerprint density at radius 3 is 2.21 bits per heavy atom. The van der Waals surface area contributed by atoms with E-state index in [0.29, 0.717) is 4.90 Å². The molecular weight excluding hydrogens is 196 g/mol. The monoisotopic (exact) mass is 207 g/mol. The minimum absolute atomic E-state index is 0.646. The van der Waals surface area contributed by atoms with E-state index in [0.717, 1.165) is 13.8 Å². The van der Waals surface area contributed by atoms with Gasteiger partial charge in [0.05, 0.1) is 6.54 Å². The molecular formula is C8H11F2NO3. The van der Waals surface area contributed by atoms with Gasteiger partial charge in [-0.05, 0) is 6.92 Å². The van der Waals surface area contributed by atoms with E-state index in [2.05, 4.69) is 0 Å². The number of carboxylic acid groups (broad SMARTS) is 1. The Hall–Kier alpha value is -1.20. The smallest absolute Gasteiger partial charge is 0.329 e. The van der Waals surface area contributed by atoms with Gasteiger partial charge in [-0.2, -0.15) is 0 Å². The molecule has 1 aliphatic heterocycles. The largest absolute Gasteiger partial charge is 0.480 e. The second-order valence-electron chi connectivity index (χ2n) is 3.72. The molecule has 1 atom stereocenters. The van der Waals surface area contributed by atoms with Gasteiger partial charge in [-0.3, -0.25) is 4.79 Å². The number of alkyl halides is 2. The predicted octanol–water partition coefficient (Wildman–Crippen LogP) is 0.717. The summed E-state index contributed by atoms with van der Waals surface area (Å²) in [6, 6.07) is 0. The van der Waals surface area contributed by atoms with Gasteiger partial charge in [0.25, 0.3) is 5.92 Å². The third-order valence-electron chi connectivity index (χ3n) is 2.43. The molecule has 6 heteroatoms. The van der Waals surface area contributed by atoms with Crippen molar-refractivity contribution >= 4 is 11.9 Å². The first-order valence-electron chi connectivity index (χ1n) is 4.08. The summed E-state index contributed by atoms with van der Waals surface area (Å²) in [6.07, 6.45) is -0.824. The lowest BCUT2D eigenvalue weighted by molar-refractivity contribution is -0.154. The third-order valence-corrected chi connectivity index (χ3v) is 2.43. The average Bonchev–Trinajstić information content (AvgIpc) is 2.22. The lowest BCUT2D eigenvalue weighted by Gasteiger charge is -2.28. The van der Waals surface area contributed by atoms with Crippen molar-refractivity contribution in [1.82, 2.24) is 4.90 Å². The van der Waals surface area contributed by atoms with Crippen LogP contribution in [0.1, 0.15) is 20.3 Å². The van der Waals surface area contributed by atoms with Crippen LogP contribution < -0.4 is 0 Å². The number of likely N-dealkylation sites (tertiary alicyclic amines) is 1. The second kappa shape index (κ2) is 2.90. The van der Waals surface area contributed by atoms with E-state index >= 15 is 0 Å². The molecule has 1 saturated heterocycles. The van der Waals surface area contributed by atoms with E-state index in [1.165, 1.54) is 0 Å². The Morgan fingerprint density at radius 1 is 1.43 bits per heavy atom. The van der Waals surface area contributed by atoms with Crippen LogP contribution in [-0.4, -0.2) is 39.9 Å². The average molecular weight is 207 g/mol. The van der Waals surface area contributed by atoms with E-state index in [4.69, 9.17) is 5.11 Å². The summed E-state index contributed by atoms with van der Waals surface area (Å²) >= 11 is 0. The van der Waals surface area contributed by atoms with Crippen molar-refractivity contribution in [3.05, 3.63) is 0 Å². The standard InChI is InChI=1S/C8H11F2NO3/c1-5(12)11-4-8(9,10)3-7(11,2)6(13)14/h3-4H2,1-2H3,(H,13,14). The van der Waals surface area contributed by atoms with Crippen LogP contribution in [0.5, 0.6) is 0 Å². The van der Waals surface area contributed by atoms with Crippen LogP contribution in [0.15, 0.2) is 0 Å². The molecule has 4 nitrogen and oxygen atoms in total. The number of carbonyl (C=O) groups is 2. The number of hydrogen-bond donors (Lipinski definition) is 1. The molecule has 0 aromatic carbocycles. The highest BCUT2D eigenvalue weighted by Crippen LogP contribution is 2.39. The number of carboxylic acids is 1. The molecule has 0 radical (unpaired) electrons. The van der Waals surface area contributed by atoms with Gasteiger partial charge in [0, 0.05) is 13.3 Å². The molecule has 1 aliphatic rings. The van der Waals surface area contributed by atoms with Gasteiger partial charge in [0.2, 0.25) is 5.91 Å². The molecule has 1 unspecified atom stereocenters. The number of aliphatic carboxylic acids is 1. The number of amides is 1. The van der Waals surface area contributed by atoms with E-state index in [1.807, 2.05) is 0 Å². The normalized spacial score (nSPS) is 30.4. The molecule has 1 fully saturated rings. The zero-order valence-corrected chi connectivity index (χ0v) is 7.88. The number of nitrogens with zero attached hydrogens (tertiary/aromatic N) is 1. The summed E-state index contributed by atoms with van der Waals surface area (Å²) in [7, 11) is 0. The van der Waals surface area contributed by atoms with Crippen LogP contribution in [0.3, 0.4) is 0 Å². The van der Waals surface area contributed by atoms with Crippen LogP contribution in [-0.2, 0) is 9.59 Å². The fraction of sp³-hybridized carbons (Fsp3) is 0.750. The van der Waals surface area contributed by atoms with Crippen LogP contribution >= 0.6 is 0 Å². The number of carbonyl (C=O) groups excluding carboxylic acids is 1. The van der Waals surface area contributed by atoms with Crippen molar-refractivity contribution in [2.45, 2.75) is 31.7 Å². The number of hydrogen-bond acceptors (Lipinski definition) is 2. The quantitative estimate of drug-likeness (QED) is 0.689. The first kappa shape index (κ1) is 10.9. The highest BCUT2D eigenvalue weighted by molar-refractivity contribution is 5.86. The minimum Gasteiger partial charge on any atom is -0.480 e. The van der Waals surface area contributed by atoms with Crippen LogP contribution in [0.25, 0.3) is 0 Å². The Balaban J connectivity index is 3.05. The molecule has 0 aromatic rings. The summed E-state index contributed by atoms with van der Waals surface area (Å²) in [4.78, 5) is 22.5. The molecule has 1 heterocycles. The van der Waals surface area contributed by atoms with Crippen LogP contribution in [0.4, 0.5) is 8.78 Å². The van der Waals surface area contributed by atoms with Gasteiger partial charge < -0.3 is 10.0 Å². The Bertz CT molecular complexity index is 292. The molecule has 0 aromatic heterocycles. The molecule has 0 saturated carbocycles. The van der Waals surface area contributed by atoms with Gasteiger partial charge in [-0.25, -0.2) is 13.6 Å². The molecule has 1 rings (SSSR count). The number of halogens is 2. The van der Waals surface area contributed by atoms with E-state index < -0.39 is 36.3 Å². The maximum atomic E-state index is 13.0. The van der Waals surface area contributed by atoms with E-state index in [1.54, 1.807) is 0 Å². The lowest BCUT2D eigenvalue weighted by atomic mass is 9.98. The van der Waals surface area contributed by atoms with E-state index in [-0.39, 0.29) is 0 Å². The van der Waals surface area contributed by atoms with Crippen LogP contribution in [0.2, 0.25) is 0 Å². The fourth-order valence-corrected chi connectivity index (χ4v) is 1.71. The highest BCUT2D eigenvalue weighted by Gasteiger charge is 2.57. The Labute approximate surface area is 79.5 Å². The summed E-state index contributed by atoms with van der Waals surface area (Å²) < 4.78 is 25.9. The SMILES string of the molecule is CC(=O)N1CC(F)(F)CC1(C)C(=O)O. The predicted molar refractivity (Wildman–Crippen MR) is 43.0 cm³/mol. The molecule has 0 spiro atoms. The van der Waals surface area contributed by atoms with Crippen molar-refractivity contribution in [2.24, 2.45) is 0 Å². The maximum Gasteiger partial charge on any atom is 0.329 e. The molecule has 14 heavy (non-hydrogen) atoms. The highest BCUT2D eigenvalue weighted by atomic mass is 19.3. The summed E-state index contributed by atoms with van der Waals surface area (Å²) in [5, 5.41) is 8.80. The molecule has 0 bridgehead atoms. The van der Waals surface area contributed by atoms with Crippen molar-refractivity contribution in [2.75, 3.05) is 6.54 Å². The third kappa shape index (κ3) is 1.56. The van der Waals surface area contributed by atoms with Crippen LogP contribution in [0, 0.1) is 0 Å². The topological polar surface area (TPSA) is 57.6 Å². The van der Waals surface area contributed by atoms with Gasteiger partial charge >= 0.3 is 5.97 Å². The van der Waals surface area contributed by atoms with E-state index in [9.17, 15) is 18.4 Å². The van der Waals surface area contributed by atoms with Crippen molar-refractivity contribution < 1.29 is 23.5 Å². The zero-order chi connectivity index (χ0) is 11.1. The minimum atomic E-state index is -3.11. The molecule has 1 amide bonds. The maximum absolute atomic E-state index is 13.0. The summed E-state index contributed by atoms with van der Waals surface area (Å²) in [5.41, 5.74) is -1.78. The number of rotatable bonds is 1. The second-order valence-corrected chi connectivity index (χ2v) is 3.72. The van der Waals surface area contributed by atoms with Gasteiger partial charge in [-0.1, -0.05) is 0 Å². The molecule has 80 valence electrons. The lowest BCUT2D eigenvalue weighted by Crippen LogP contribution is -2.49. The first-order chi connectivity index (χ1) is 6.19. The van der Waals surface area contributed by atoms with Gasteiger partial charge in [-0.15, -0.1) is 0 Å². The van der Waals surface area contributed by atoms with Gasteiger partial charge in [0.15, 0.2) is 0 Å². The zero-order valence-electron chi connectivity index (χ0n) is 7.88. The molecule has 1 N–H and O–H groups in total. The summed E-state index contributed by atoms with van der Waals surface area (Å²) in [5.74, 6) is -5.16. The van der Waals surface area contributed by atoms with Crippen molar-refractivity contribution in [3.8, 4) is 0 Å². The Morgan fingerprint density at radius 2 is 1.93 bits per heavy atom. The van der Waals surface area contributed by atoms with Crippen molar-refractivity contribution in [1.29, 1.82) is 0 Å². The Kier molecular flexibility index (Phi) is 2.25. The summed E-state index contributed by atoms with van der Waals surface area (Å²) in [6.45, 7) is 1.41. The fourth-order valence-electron chi connectivity index (χ4n) is 1.71. The molecule has 0 aliphatic carbocycles. The van der Waals surface area contributed by atoms with Crippen molar-refractivity contribution in [3.63, 3.8) is 0 Å². The first-order valence-corrected chi connectivity index (χ1v) is 4.08.